The van der Waals surface area contributed by atoms with Crippen molar-refractivity contribution in [1.29, 1.82) is 0 Å². The standard InChI is InChI=1S/C66H51NS/c1-65(2,3)41-34-36-56-54(38-41)55-39-42(66(4,5)6)35-37-57(55)67(56)63-49-28-16-14-26-47(49)60(48-27-15-17-29-50(48)63)51-30-19-33-58-62(51)53-32-18-31-52(64(53)68-58)61-45-24-12-10-22-43(45)59(40-20-8-7-9-21-40)44-23-11-13-25-46(44)61/h7-39H,1-6H3. The summed E-state index contributed by atoms with van der Waals surface area (Å²) in [5.74, 6) is 0. The molecular weight excluding hydrogens is 839 g/mol. The molecule has 0 N–H and O–H groups in total. The van der Waals surface area contributed by atoms with Gasteiger partial charge in [0.2, 0.25) is 0 Å². The molecule has 0 bridgehead atoms. The topological polar surface area (TPSA) is 4.93 Å². The lowest BCUT2D eigenvalue weighted by atomic mass is 9.85. The highest BCUT2D eigenvalue weighted by Gasteiger charge is 2.26. The quantitative estimate of drug-likeness (QED) is 0.155. The SMILES string of the molecule is CC(C)(C)c1ccc2c(c1)c1cc(C(C)(C)C)ccc1n2-c1c2ccccc2c(-c2cccc3sc4c(-c5c6ccccc6c(-c6ccccc6)c6ccccc56)cccc4c23)c2ccccc12. The molecule has 0 atom stereocenters. The fourth-order valence-electron chi connectivity index (χ4n) is 11.4. The van der Waals surface area contributed by atoms with Gasteiger partial charge in [0.25, 0.3) is 0 Å². The van der Waals surface area contributed by atoms with Gasteiger partial charge in [0.1, 0.15) is 0 Å². The molecule has 0 fully saturated rings. The first kappa shape index (κ1) is 40.7. The van der Waals surface area contributed by atoms with Gasteiger partial charge >= 0.3 is 0 Å². The number of fused-ring (bicyclic) bond motifs is 10. The minimum atomic E-state index is 0.0213. The Balaban J connectivity index is 1.10. The van der Waals surface area contributed by atoms with E-state index in [9.17, 15) is 0 Å². The molecule has 0 aliphatic rings. The van der Waals surface area contributed by atoms with E-state index in [0.29, 0.717) is 0 Å². The first-order valence-corrected chi connectivity index (χ1v) is 24.8. The minimum Gasteiger partial charge on any atom is -0.308 e. The third-order valence-electron chi connectivity index (χ3n) is 14.7. The fourth-order valence-corrected chi connectivity index (χ4v) is 12.7. The van der Waals surface area contributed by atoms with E-state index in [1.165, 1.54) is 135 Å². The zero-order valence-electron chi connectivity index (χ0n) is 39.4. The Labute approximate surface area is 401 Å². The highest BCUT2D eigenvalue weighted by atomic mass is 32.1. The van der Waals surface area contributed by atoms with Crippen LogP contribution in [0.4, 0.5) is 0 Å². The summed E-state index contributed by atoms with van der Waals surface area (Å²) >= 11 is 1.93. The molecule has 0 saturated heterocycles. The van der Waals surface area contributed by atoms with Gasteiger partial charge < -0.3 is 4.57 Å². The van der Waals surface area contributed by atoms with Crippen LogP contribution in [-0.2, 0) is 10.8 Å². The van der Waals surface area contributed by atoms with Crippen LogP contribution in [0.1, 0.15) is 52.7 Å². The third-order valence-corrected chi connectivity index (χ3v) is 15.9. The molecule has 2 heterocycles. The van der Waals surface area contributed by atoms with Crippen molar-refractivity contribution < 1.29 is 0 Å². The summed E-state index contributed by atoms with van der Waals surface area (Å²) in [7, 11) is 0. The molecule has 11 aromatic carbocycles. The van der Waals surface area contributed by atoms with E-state index in [1.54, 1.807) is 0 Å². The van der Waals surface area contributed by atoms with Crippen LogP contribution in [0, 0.1) is 0 Å². The van der Waals surface area contributed by atoms with E-state index >= 15 is 0 Å². The second-order valence-corrected chi connectivity index (χ2v) is 21.8. The van der Waals surface area contributed by atoms with Gasteiger partial charge in [-0.05, 0) is 112 Å². The summed E-state index contributed by atoms with van der Waals surface area (Å²) in [5, 5.41) is 15.3. The van der Waals surface area contributed by atoms with E-state index in [4.69, 9.17) is 0 Å². The molecule has 68 heavy (non-hydrogen) atoms. The number of benzene rings is 11. The Hall–Kier alpha value is -7.52. The number of aromatic nitrogens is 1. The van der Waals surface area contributed by atoms with Crippen LogP contribution in [0.2, 0.25) is 0 Å². The van der Waals surface area contributed by atoms with Crippen LogP contribution >= 0.6 is 11.3 Å². The Morgan fingerprint density at radius 2 is 0.750 bits per heavy atom. The zero-order chi connectivity index (χ0) is 46.1. The maximum atomic E-state index is 2.57. The van der Waals surface area contributed by atoms with E-state index in [1.807, 2.05) is 11.3 Å². The van der Waals surface area contributed by atoms with Gasteiger partial charge in [-0.25, -0.2) is 0 Å². The van der Waals surface area contributed by atoms with Crippen molar-refractivity contribution in [3.05, 3.63) is 211 Å². The van der Waals surface area contributed by atoms with E-state index in [2.05, 4.69) is 246 Å². The molecule has 13 aromatic rings. The predicted octanol–water partition coefficient (Wildman–Crippen LogP) is 19.4. The minimum absolute atomic E-state index is 0.0213. The molecule has 0 unspecified atom stereocenters. The van der Waals surface area contributed by atoms with E-state index in [-0.39, 0.29) is 10.8 Å². The predicted molar refractivity (Wildman–Crippen MR) is 297 cm³/mol. The van der Waals surface area contributed by atoms with Gasteiger partial charge in [-0.3, -0.25) is 0 Å². The summed E-state index contributed by atoms with van der Waals surface area (Å²) in [6.07, 6.45) is 0. The summed E-state index contributed by atoms with van der Waals surface area (Å²) < 4.78 is 5.18. The Bertz CT molecular complexity index is 4020. The molecule has 0 spiro atoms. The zero-order valence-corrected chi connectivity index (χ0v) is 40.2. The largest absolute Gasteiger partial charge is 0.308 e. The second-order valence-electron chi connectivity index (χ2n) is 20.8. The normalized spacial score (nSPS) is 12.6. The number of hydrogen-bond donors (Lipinski definition) is 0. The third kappa shape index (κ3) is 6.07. The van der Waals surface area contributed by atoms with Crippen LogP contribution in [0.25, 0.3) is 124 Å². The van der Waals surface area contributed by atoms with Crippen LogP contribution in [-0.4, -0.2) is 4.57 Å². The molecule has 326 valence electrons. The van der Waals surface area contributed by atoms with Crippen LogP contribution in [0.5, 0.6) is 0 Å². The molecular formula is C66H51NS. The molecule has 0 amide bonds. The van der Waals surface area contributed by atoms with Gasteiger partial charge in [-0.1, -0.05) is 211 Å². The molecule has 2 heteroatoms. The van der Waals surface area contributed by atoms with Crippen molar-refractivity contribution in [3.8, 4) is 39.1 Å². The average Bonchev–Trinajstić information content (AvgIpc) is 3.90. The maximum Gasteiger partial charge on any atom is 0.0619 e. The summed E-state index contributed by atoms with van der Waals surface area (Å²) in [6.45, 7) is 13.9. The summed E-state index contributed by atoms with van der Waals surface area (Å²) in [4.78, 5) is 0. The lowest BCUT2D eigenvalue weighted by molar-refractivity contribution is 0.590. The van der Waals surface area contributed by atoms with Gasteiger partial charge in [-0.2, -0.15) is 0 Å². The van der Waals surface area contributed by atoms with Crippen molar-refractivity contribution in [2.45, 2.75) is 52.4 Å². The maximum absolute atomic E-state index is 2.57. The van der Waals surface area contributed by atoms with Crippen molar-refractivity contribution in [3.63, 3.8) is 0 Å². The van der Waals surface area contributed by atoms with Crippen LogP contribution in [0.3, 0.4) is 0 Å². The highest BCUT2D eigenvalue weighted by molar-refractivity contribution is 7.26. The smallest absolute Gasteiger partial charge is 0.0619 e. The van der Waals surface area contributed by atoms with Crippen molar-refractivity contribution in [2.75, 3.05) is 0 Å². The van der Waals surface area contributed by atoms with Gasteiger partial charge in [0.15, 0.2) is 0 Å². The van der Waals surface area contributed by atoms with Crippen LogP contribution < -0.4 is 0 Å². The summed E-state index contributed by atoms with van der Waals surface area (Å²) in [6, 6.07) is 75.6. The van der Waals surface area contributed by atoms with Gasteiger partial charge in [-0.15, -0.1) is 11.3 Å². The second kappa shape index (κ2) is 15.0. The molecule has 0 saturated carbocycles. The van der Waals surface area contributed by atoms with Gasteiger partial charge in [0.05, 0.1) is 16.7 Å². The first-order valence-electron chi connectivity index (χ1n) is 24.0. The fraction of sp³-hybridized carbons (Fsp3) is 0.121. The van der Waals surface area contributed by atoms with Crippen molar-refractivity contribution >= 4 is 96.4 Å². The number of hydrogen-bond acceptors (Lipinski definition) is 1. The number of rotatable bonds is 4. The van der Waals surface area contributed by atoms with E-state index < -0.39 is 0 Å². The van der Waals surface area contributed by atoms with E-state index in [0.717, 1.165) is 0 Å². The molecule has 0 aliphatic carbocycles. The Morgan fingerprint density at radius 1 is 0.338 bits per heavy atom. The summed E-state index contributed by atoms with van der Waals surface area (Å²) in [5.41, 5.74) is 14.1. The molecule has 0 aliphatic heterocycles. The van der Waals surface area contributed by atoms with Crippen molar-refractivity contribution in [1.82, 2.24) is 4.57 Å². The molecule has 13 rings (SSSR count). The van der Waals surface area contributed by atoms with Crippen molar-refractivity contribution in [2.24, 2.45) is 0 Å². The Morgan fingerprint density at radius 3 is 1.26 bits per heavy atom. The number of thiophene rings is 1. The molecule has 0 radical (unpaired) electrons. The number of nitrogens with zero attached hydrogens (tertiary/aromatic N) is 1. The average molecular weight is 890 g/mol. The highest BCUT2D eigenvalue weighted by Crippen LogP contribution is 2.52. The molecule has 1 nitrogen and oxygen atoms in total. The van der Waals surface area contributed by atoms with Crippen LogP contribution in [0.15, 0.2) is 200 Å². The Kier molecular flexibility index (Phi) is 8.98. The first-order chi connectivity index (χ1) is 33.0. The monoisotopic (exact) mass is 889 g/mol. The lowest BCUT2D eigenvalue weighted by Gasteiger charge is -2.21. The van der Waals surface area contributed by atoms with Gasteiger partial charge in [0, 0.05) is 47.3 Å². The molecule has 2 aromatic heterocycles. The lowest BCUT2D eigenvalue weighted by Crippen LogP contribution is -2.10.